The Hall–Kier alpha value is -2.46. The van der Waals surface area contributed by atoms with Crippen LogP contribution < -0.4 is 21.2 Å². The minimum atomic E-state index is -2.78. The number of benzene rings is 4. The van der Waals surface area contributed by atoms with Crippen LogP contribution in [0.3, 0.4) is 0 Å². The molecule has 4 rings (SSSR count). The van der Waals surface area contributed by atoms with E-state index in [2.05, 4.69) is 48.5 Å². The van der Waals surface area contributed by atoms with Crippen molar-refractivity contribution in [1.29, 1.82) is 0 Å². The quantitative estimate of drug-likeness (QED) is 0.412. The summed E-state index contributed by atoms with van der Waals surface area (Å²) in [6.07, 6.45) is 0. The highest BCUT2D eigenvalue weighted by Gasteiger charge is 2.31. The van der Waals surface area contributed by atoms with Crippen LogP contribution in [0.1, 0.15) is 0 Å². The van der Waals surface area contributed by atoms with Crippen molar-refractivity contribution in [1.82, 2.24) is 0 Å². The van der Waals surface area contributed by atoms with Crippen molar-refractivity contribution < 1.29 is 4.57 Å². The smallest absolute Gasteiger partial charge is 0.147 e. The lowest BCUT2D eigenvalue weighted by Gasteiger charge is -2.26. The van der Waals surface area contributed by atoms with Crippen molar-refractivity contribution in [2.45, 2.75) is 0 Å². The molecule has 0 saturated carbocycles. The van der Waals surface area contributed by atoms with Gasteiger partial charge in [0.05, 0.1) is 0 Å². The minimum Gasteiger partial charge on any atom is -0.313 e. The second-order valence-corrected chi connectivity index (χ2v) is 12.2. The Morgan fingerprint density at radius 2 is 0.821 bits per heavy atom. The molecule has 0 aliphatic rings. The molecule has 0 atom stereocenters. The molecule has 0 heterocycles. The zero-order chi connectivity index (χ0) is 19.2. The van der Waals surface area contributed by atoms with E-state index in [9.17, 15) is 4.57 Å². The van der Waals surface area contributed by atoms with Crippen LogP contribution in [0.4, 0.5) is 0 Å². The number of hydrogen-bond donors (Lipinski definition) is 0. The third kappa shape index (κ3) is 4.02. The van der Waals surface area contributed by atoms with Gasteiger partial charge in [0.2, 0.25) is 0 Å². The Labute approximate surface area is 168 Å². The zero-order valence-corrected chi connectivity index (χ0v) is 17.3. The van der Waals surface area contributed by atoms with Gasteiger partial charge in [0.15, 0.2) is 0 Å². The van der Waals surface area contributed by atoms with E-state index in [0.717, 1.165) is 10.6 Å². The number of hydrogen-bond acceptors (Lipinski definition) is 1. The largest absolute Gasteiger partial charge is 0.313 e. The SMILES string of the molecule is O=P(CP(c1ccccc1)c1ccccc1)(c1ccccc1)c1ccccc1. The predicted octanol–water partition coefficient (Wildman–Crippen LogP) is 5.09. The highest BCUT2D eigenvalue weighted by Crippen LogP contribution is 2.54. The summed E-state index contributed by atoms with van der Waals surface area (Å²) in [5.74, 6) is 0.629. The lowest BCUT2D eigenvalue weighted by molar-refractivity contribution is 0.589. The van der Waals surface area contributed by atoms with Crippen LogP contribution in [0, 0.1) is 0 Å². The van der Waals surface area contributed by atoms with Gasteiger partial charge in [0.1, 0.15) is 7.14 Å². The molecule has 0 unspecified atom stereocenters. The summed E-state index contributed by atoms with van der Waals surface area (Å²) in [5, 5.41) is 4.38. The van der Waals surface area contributed by atoms with E-state index < -0.39 is 15.1 Å². The molecule has 28 heavy (non-hydrogen) atoms. The topological polar surface area (TPSA) is 17.1 Å². The summed E-state index contributed by atoms with van der Waals surface area (Å²) >= 11 is 0. The van der Waals surface area contributed by atoms with E-state index in [1.165, 1.54) is 10.6 Å². The van der Waals surface area contributed by atoms with Gasteiger partial charge in [-0.25, -0.2) is 0 Å². The fraction of sp³-hybridized carbons (Fsp3) is 0.0400. The van der Waals surface area contributed by atoms with E-state index in [-0.39, 0.29) is 0 Å². The van der Waals surface area contributed by atoms with E-state index in [1.807, 2.05) is 72.8 Å². The molecular formula is C25H22OP2. The zero-order valence-electron chi connectivity index (χ0n) is 15.6. The highest BCUT2D eigenvalue weighted by molar-refractivity contribution is 7.91. The average Bonchev–Trinajstić information content (AvgIpc) is 2.80. The maximum absolute atomic E-state index is 14.6. The van der Waals surface area contributed by atoms with Gasteiger partial charge < -0.3 is 4.57 Å². The maximum atomic E-state index is 14.6. The first-order valence-corrected chi connectivity index (χ1v) is 12.8. The Morgan fingerprint density at radius 3 is 1.18 bits per heavy atom. The third-order valence-corrected chi connectivity index (χ3v) is 11.7. The Bertz CT molecular complexity index is 966. The average molecular weight is 400 g/mol. The van der Waals surface area contributed by atoms with E-state index in [1.54, 1.807) is 0 Å². The Kier molecular flexibility index (Phi) is 5.87. The van der Waals surface area contributed by atoms with Crippen molar-refractivity contribution in [2.24, 2.45) is 0 Å². The van der Waals surface area contributed by atoms with Crippen LogP contribution in [0.5, 0.6) is 0 Å². The molecule has 0 aromatic heterocycles. The van der Waals surface area contributed by atoms with E-state index in [0.29, 0.717) is 5.90 Å². The molecule has 0 aliphatic carbocycles. The van der Waals surface area contributed by atoms with Crippen molar-refractivity contribution in [3.8, 4) is 0 Å². The summed E-state index contributed by atoms with van der Waals surface area (Å²) in [7, 11) is -3.53. The predicted molar refractivity (Wildman–Crippen MR) is 124 cm³/mol. The van der Waals surface area contributed by atoms with Crippen LogP contribution >= 0.6 is 15.1 Å². The maximum Gasteiger partial charge on any atom is 0.147 e. The molecule has 0 N–H and O–H groups in total. The second-order valence-electron chi connectivity index (χ2n) is 6.65. The normalized spacial score (nSPS) is 11.5. The standard InChI is InChI=1S/C25H22OP2/c26-28(24-17-9-3-10-18-24,25-19-11-4-12-20-25)21-27(22-13-5-1-6-14-22)23-15-7-2-8-16-23/h1-20H,21H2. The van der Waals surface area contributed by atoms with Gasteiger partial charge in [-0.15, -0.1) is 0 Å². The molecule has 0 radical (unpaired) electrons. The first-order valence-electron chi connectivity index (χ1n) is 9.35. The summed E-state index contributed by atoms with van der Waals surface area (Å²) in [6.45, 7) is 0. The molecule has 0 aliphatic heterocycles. The molecule has 0 amide bonds. The lowest BCUT2D eigenvalue weighted by atomic mass is 10.4. The fourth-order valence-corrected chi connectivity index (χ4v) is 10.6. The van der Waals surface area contributed by atoms with Gasteiger partial charge in [-0.2, -0.15) is 0 Å². The van der Waals surface area contributed by atoms with Crippen molar-refractivity contribution in [3.05, 3.63) is 121 Å². The van der Waals surface area contributed by atoms with Crippen molar-refractivity contribution in [3.63, 3.8) is 0 Å². The second kappa shape index (κ2) is 8.70. The Balaban J connectivity index is 1.85. The fourth-order valence-electron chi connectivity index (χ4n) is 3.38. The minimum absolute atomic E-state index is 0.629. The van der Waals surface area contributed by atoms with Crippen LogP contribution in [0.25, 0.3) is 0 Å². The summed E-state index contributed by atoms with van der Waals surface area (Å²) in [5.41, 5.74) is 0. The summed E-state index contributed by atoms with van der Waals surface area (Å²) < 4.78 is 14.6. The van der Waals surface area contributed by atoms with Crippen molar-refractivity contribution >= 4 is 36.3 Å². The first-order chi connectivity index (χ1) is 13.8. The van der Waals surface area contributed by atoms with Gasteiger partial charge in [-0.1, -0.05) is 121 Å². The van der Waals surface area contributed by atoms with Crippen LogP contribution in [0.15, 0.2) is 121 Å². The van der Waals surface area contributed by atoms with E-state index in [4.69, 9.17) is 0 Å². The van der Waals surface area contributed by atoms with E-state index >= 15 is 0 Å². The molecule has 4 aromatic rings. The van der Waals surface area contributed by atoms with Gasteiger partial charge in [0.25, 0.3) is 0 Å². The number of rotatable bonds is 6. The van der Waals surface area contributed by atoms with Crippen molar-refractivity contribution in [2.75, 3.05) is 5.90 Å². The molecule has 4 aromatic carbocycles. The van der Waals surface area contributed by atoms with Gasteiger partial charge >= 0.3 is 0 Å². The van der Waals surface area contributed by atoms with Gasteiger partial charge in [-0.05, 0) is 18.5 Å². The van der Waals surface area contributed by atoms with Crippen LogP contribution in [0.2, 0.25) is 0 Å². The molecule has 0 fully saturated rings. The molecule has 0 spiro atoms. The van der Waals surface area contributed by atoms with Gasteiger partial charge in [-0.3, -0.25) is 0 Å². The molecular weight excluding hydrogens is 378 g/mol. The molecule has 0 bridgehead atoms. The summed E-state index contributed by atoms with van der Waals surface area (Å²) in [4.78, 5) is 0. The monoisotopic (exact) mass is 400 g/mol. The lowest BCUT2D eigenvalue weighted by Crippen LogP contribution is -2.22. The molecule has 138 valence electrons. The third-order valence-electron chi connectivity index (χ3n) is 4.82. The summed E-state index contributed by atoms with van der Waals surface area (Å²) in [6, 6.07) is 41.0. The van der Waals surface area contributed by atoms with Gasteiger partial charge in [0, 0.05) is 16.5 Å². The molecule has 0 saturated heterocycles. The first kappa shape index (κ1) is 18.9. The van der Waals surface area contributed by atoms with Crippen LogP contribution in [-0.2, 0) is 4.57 Å². The molecule has 3 heteroatoms. The highest BCUT2D eigenvalue weighted by atomic mass is 31.2. The molecule has 1 nitrogen and oxygen atoms in total. The van der Waals surface area contributed by atoms with Crippen LogP contribution in [-0.4, -0.2) is 5.90 Å². The Morgan fingerprint density at radius 1 is 0.500 bits per heavy atom.